The van der Waals surface area contributed by atoms with E-state index < -0.39 is 15.8 Å². The number of hydrogen-bond acceptors (Lipinski definition) is 3. The van der Waals surface area contributed by atoms with Crippen molar-refractivity contribution in [1.29, 1.82) is 0 Å². The molecule has 0 saturated heterocycles. The second-order valence-corrected chi connectivity index (χ2v) is 12.9. The predicted octanol–water partition coefficient (Wildman–Crippen LogP) is 2.17. The molecule has 1 atom stereocenters. The van der Waals surface area contributed by atoms with E-state index in [1.165, 1.54) is 12.8 Å². The third-order valence-corrected chi connectivity index (χ3v) is 10.1. The maximum atomic E-state index is 11.4. The van der Waals surface area contributed by atoms with Gasteiger partial charge >= 0.3 is 17.1 Å². The minimum absolute atomic E-state index is 0. The summed E-state index contributed by atoms with van der Waals surface area (Å²) in [6, 6.07) is 0. The van der Waals surface area contributed by atoms with Crippen molar-refractivity contribution in [2.45, 2.75) is 58.6 Å². The molecule has 0 saturated carbocycles. The fourth-order valence-electron chi connectivity index (χ4n) is 1.59. The van der Waals surface area contributed by atoms with Gasteiger partial charge in [-0.3, -0.25) is 0 Å². The maximum absolute atomic E-state index is 11.4. The van der Waals surface area contributed by atoms with Crippen molar-refractivity contribution in [2.24, 2.45) is 5.92 Å². The smallest absolute Gasteiger partial charge is 0.854 e. The molecular formula is C11H24CuO2PS2-. The first-order valence-corrected chi connectivity index (χ1v) is 10.7. The van der Waals surface area contributed by atoms with Crippen LogP contribution < -0.4 is 9.79 Å². The first kappa shape index (κ1) is 20.9. The Hall–Kier alpha value is 1.57. The van der Waals surface area contributed by atoms with Crippen LogP contribution in [0.2, 0.25) is 0 Å². The van der Waals surface area contributed by atoms with Crippen LogP contribution in [0.5, 0.6) is 0 Å². The molecule has 0 aromatic rings. The second kappa shape index (κ2) is 10.4. The zero-order chi connectivity index (χ0) is 12.8. The van der Waals surface area contributed by atoms with Crippen molar-refractivity contribution in [1.82, 2.24) is 0 Å². The van der Waals surface area contributed by atoms with Crippen LogP contribution in [0, 0.1) is 5.92 Å². The van der Waals surface area contributed by atoms with Crippen LogP contribution >= 0.6 is 5.69 Å². The molecule has 0 heterocycles. The van der Waals surface area contributed by atoms with Gasteiger partial charge in [0.05, 0.1) is 0 Å². The van der Waals surface area contributed by atoms with E-state index in [2.05, 4.69) is 26.1 Å². The molecule has 0 aromatic heterocycles. The molecule has 0 amide bonds. The minimum Gasteiger partial charge on any atom is -0.854 e. The Balaban J connectivity index is 0. The van der Waals surface area contributed by atoms with Gasteiger partial charge in [-0.15, -0.1) is 0 Å². The summed E-state index contributed by atoms with van der Waals surface area (Å²) in [7, 11) is -0.593. The molecule has 0 rings (SSSR count). The van der Waals surface area contributed by atoms with Crippen molar-refractivity contribution in [3.63, 3.8) is 0 Å². The van der Waals surface area contributed by atoms with Gasteiger partial charge in [-0.2, -0.15) is 0 Å². The van der Waals surface area contributed by atoms with Gasteiger partial charge in [-0.25, -0.2) is 10.1 Å². The zero-order valence-electron chi connectivity index (χ0n) is 11.1. The van der Waals surface area contributed by atoms with Crippen molar-refractivity contribution in [3.8, 4) is 0 Å². The maximum Gasteiger partial charge on any atom is 2.00 e. The zero-order valence-corrected chi connectivity index (χ0v) is 14.5. The van der Waals surface area contributed by atoms with Crippen LogP contribution in [0.4, 0.5) is 0 Å². The van der Waals surface area contributed by atoms with E-state index in [9.17, 15) is 9.79 Å². The Morgan fingerprint density at radius 2 is 1.59 bits per heavy atom. The quantitative estimate of drug-likeness (QED) is 0.307. The normalized spacial score (nSPS) is 13.9. The van der Waals surface area contributed by atoms with E-state index in [0.29, 0.717) is 0 Å². The Labute approximate surface area is 125 Å². The van der Waals surface area contributed by atoms with Crippen molar-refractivity contribution < 1.29 is 26.9 Å². The standard InChI is InChI=1S/C11H24O2PS2.Cu/c1-10(2)8-6-5-7-9-16(11(3)4)14(12,13)15;/h10-11H,5-9H2,1-4H3;/q-3;+2. The third-order valence-electron chi connectivity index (χ3n) is 2.47. The Morgan fingerprint density at radius 1 is 1.06 bits per heavy atom. The van der Waals surface area contributed by atoms with E-state index in [0.717, 1.165) is 24.5 Å². The van der Waals surface area contributed by atoms with Gasteiger partial charge in [0.2, 0.25) is 0 Å². The first-order chi connectivity index (χ1) is 7.25. The molecule has 2 nitrogen and oxygen atoms in total. The molecule has 0 aliphatic carbocycles. The van der Waals surface area contributed by atoms with E-state index in [1.807, 2.05) is 13.8 Å². The molecule has 1 radical (unpaired) electrons. The number of rotatable bonds is 7. The third kappa shape index (κ3) is 11.1. The van der Waals surface area contributed by atoms with Crippen molar-refractivity contribution in [2.75, 3.05) is 5.75 Å². The van der Waals surface area contributed by atoms with Crippen molar-refractivity contribution >= 4 is 28.0 Å². The number of unbranched alkanes of at least 4 members (excludes halogenated alkanes) is 2. The summed E-state index contributed by atoms with van der Waals surface area (Å²) in [6.07, 6.45) is 4.56. The SMILES string of the molecule is CC(C)CCCCCS(C(C)C)=P([O-])([O-])[S-].[Cu+2]. The van der Waals surface area contributed by atoms with Crippen LogP contribution in [-0.2, 0) is 39.4 Å². The number of hydrogen-bond donors (Lipinski definition) is 0. The summed E-state index contributed by atoms with van der Waals surface area (Å²) in [6.45, 7) is 8.34. The van der Waals surface area contributed by atoms with Crippen LogP contribution in [0.1, 0.15) is 53.4 Å². The summed E-state index contributed by atoms with van der Waals surface area (Å²) in [4.78, 5) is 22.8. The molecule has 0 aliphatic rings. The van der Waals surface area contributed by atoms with Gasteiger partial charge in [0.25, 0.3) is 0 Å². The molecule has 0 bridgehead atoms. The Morgan fingerprint density at radius 3 is 1.94 bits per heavy atom. The fraction of sp³-hybridized carbons (Fsp3) is 1.00. The summed E-state index contributed by atoms with van der Waals surface area (Å²) < 4.78 is 0. The van der Waals surface area contributed by atoms with Gasteiger partial charge in [0, 0.05) is 0 Å². The summed E-state index contributed by atoms with van der Waals surface area (Å²) >= 11 is 4.61. The molecule has 0 aliphatic heterocycles. The fourth-order valence-corrected chi connectivity index (χ4v) is 8.12. The molecule has 0 aromatic carbocycles. The Kier molecular flexibility index (Phi) is 12.7. The molecule has 6 heteroatoms. The monoisotopic (exact) mass is 346 g/mol. The van der Waals surface area contributed by atoms with Crippen LogP contribution in [0.3, 0.4) is 0 Å². The average Bonchev–Trinajstić information content (AvgIpc) is 2.07. The second-order valence-electron chi connectivity index (χ2n) is 4.84. The first-order valence-electron chi connectivity index (χ1n) is 5.97. The summed E-state index contributed by atoms with van der Waals surface area (Å²) in [5, 5.41) is 0.172. The topological polar surface area (TPSA) is 46.1 Å². The van der Waals surface area contributed by atoms with Crippen LogP contribution in [0.15, 0.2) is 0 Å². The van der Waals surface area contributed by atoms with Gasteiger partial charge in [0.15, 0.2) is 0 Å². The molecular weight excluding hydrogens is 323 g/mol. The van der Waals surface area contributed by atoms with Gasteiger partial charge in [-0.1, -0.05) is 47.0 Å². The van der Waals surface area contributed by atoms with Gasteiger partial charge < -0.3 is 27.7 Å². The molecule has 17 heavy (non-hydrogen) atoms. The largest absolute Gasteiger partial charge is 2.00 e. The minimum atomic E-state index is -3.54. The van der Waals surface area contributed by atoms with E-state index in [1.54, 1.807) is 0 Å². The van der Waals surface area contributed by atoms with Gasteiger partial charge in [-0.05, 0) is 23.3 Å². The molecule has 0 N–H and O–H groups in total. The summed E-state index contributed by atoms with van der Waals surface area (Å²) in [5.74, 6) is 1.51. The Bertz CT molecular complexity index is 244. The van der Waals surface area contributed by atoms with E-state index in [4.69, 9.17) is 0 Å². The van der Waals surface area contributed by atoms with E-state index in [-0.39, 0.29) is 22.3 Å². The predicted molar refractivity (Wildman–Crippen MR) is 75.0 cm³/mol. The van der Waals surface area contributed by atoms with Gasteiger partial charge in [0.1, 0.15) is 0 Å². The van der Waals surface area contributed by atoms with Crippen LogP contribution in [0.25, 0.3) is 0 Å². The summed E-state index contributed by atoms with van der Waals surface area (Å²) in [5.41, 5.74) is -3.54. The average molecular weight is 347 g/mol. The molecule has 1 unspecified atom stereocenters. The molecule has 0 fully saturated rings. The van der Waals surface area contributed by atoms with Crippen LogP contribution in [-0.4, -0.2) is 11.0 Å². The molecule has 0 spiro atoms. The van der Waals surface area contributed by atoms with E-state index >= 15 is 0 Å². The molecule has 109 valence electrons. The van der Waals surface area contributed by atoms with Crippen molar-refractivity contribution in [3.05, 3.63) is 0 Å².